The van der Waals surface area contributed by atoms with Gasteiger partial charge < -0.3 is 14.6 Å². The predicted octanol–water partition coefficient (Wildman–Crippen LogP) is 4.22. The molecule has 3 aromatic heterocycles. The van der Waals surface area contributed by atoms with Crippen LogP contribution in [0.4, 0.5) is 13.2 Å². The molecule has 8 nitrogen and oxygen atoms in total. The monoisotopic (exact) mass is 540 g/mol. The fraction of sp³-hybridized carbons (Fsp3) is 0.464. The molecule has 0 atom stereocenters. The minimum absolute atomic E-state index is 0.0517. The van der Waals surface area contributed by atoms with Crippen molar-refractivity contribution in [1.29, 1.82) is 0 Å². The molecule has 0 amide bonds. The number of imidazole rings is 1. The average Bonchev–Trinajstić information content (AvgIpc) is 3.43. The summed E-state index contributed by atoms with van der Waals surface area (Å²) >= 11 is 0. The average molecular weight is 541 g/mol. The molecule has 2 aliphatic rings. The maximum atomic E-state index is 14.1. The summed E-state index contributed by atoms with van der Waals surface area (Å²) in [7, 11) is 3.55. The van der Waals surface area contributed by atoms with Crippen LogP contribution in [0.2, 0.25) is 0 Å². The number of ether oxygens (including phenoxy) is 1. The lowest BCUT2D eigenvalue weighted by molar-refractivity contribution is -0.136. The second-order valence-corrected chi connectivity index (χ2v) is 10.9. The number of methoxy groups -OCH3 is 1. The number of aromatic nitrogens is 5. The zero-order valence-electron chi connectivity index (χ0n) is 21.9. The van der Waals surface area contributed by atoms with Gasteiger partial charge in [-0.25, -0.2) is 4.79 Å². The van der Waals surface area contributed by atoms with E-state index >= 15 is 0 Å². The van der Waals surface area contributed by atoms with Gasteiger partial charge in [0.25, 0.3) is 0 Å². The second kappa shape index (κ2) is 9.63. The van der Waals surface area contributed by atoms with E-state index in [1.165, 1.54) is 23.4 Å². The SMILES string of the molecule is COC1CC(c2cccc(-n3cc4c(C(F)(F)F)cc(CNCC5CCC5)cn4c3=O)c2)(c2nncn2C)C1. The van der Waals surface area contributed by atoms with E-state index in [-0.39, 0.29) is 18.2 Å². The number of benzene rings is 1. The van der Waals surface area contributed by atoms with Crippen molar-refractivity contribution in [2.24, 2.45) is 13.0 Å². The van der Waals surface area contributed by atoms with Crippen LogP contribution < -0.4 is 11.0 Å². The zero-order valence-corrected chi connectivity index (χ0v) is 21.9. The van der Waals surface area contributed by atoms with Crippen LogP contribution in [0.5, 0.6) is 0 Å². The number of pyridine rings is 1. The molecule has 6 rings (SSSR count). The Bertz CT molecular complexity index is 1560. The lowest BCUT2D eigenvalue weighted by Crippen LogP contribution is -2.48. The first-order chi connectivity index (χ1) is 18.7. The third-order valence-corrected chi connectivity index (χ3v) is 8.42. The van der Waals surface area contributed by atoms with Crippen LogP contribution in [0.15, 0.2) is 53.8 Å². The first kappa shape index (κ1) is 25.8. The molecule has 1 N–H and O–H groups in total. The third kappa shape index (κ3) is 4.47. The molecule has 2 fully saturated rings. The Morgan fingerprint density at radius 2 is 1.97 bits per heavy atom. The Kier molecular flexibility index (Phi) is 6.38. The largest absolute Gasteiger partial charge is 0.418 e. The number of nitrogens with one attached hydrogen (secondary N) is 1. The molecule has 0 unspecified atom stereocenters. The Labute approximate surface area is 223 Å². The summed E-state index contributed by atoms with van der Waals surface area (Å²) < 4.78 is 52.2. The normalized spacial score (nSPS) is 21.7. The molecule has 0 spiro atoms. The summed E-state index contributed by atoms with van der Waals surface area (Å²) in [5.74, 6) is 1.35. The number of nitrogens with zero attached hydrogens (tertiary/aromatic N) is 5. The van der Waals surface area contributed by atoms with Crippen LogP contribution in [0, 0.1) is 5.92 Å². The topological polar surface area (TPSA) is 78.4 Å². The van der Waals surface area contributed by atoms with E-state index in [9.17, 15) is 18.0 Å². The van der Waals surface area contributed by atoms with Crippen molar-refractivity contribution in [3.8, 4) is 5.69 Å². The van der Waals surface area contributed by atoms with E-state index in [0.717, 1.165) is 41.2 Å². The lowest BCUT2D eigenvalue weighted by Gasteiger charge is -2.46. The molecule has 2 aliphatic carbocycles. The smallest absolute Gasteiger partial charge is 0.381 e. The van der Waals surface area contributed by atoms with Crippen molar-refractivity contribution in [3.05, 3.63) is 82.1 Å². The predicted molar refractivity (Wildman–Crippen MR) is 139 cm³/mol. The van der Waals surface area contributed by atoms with Crippen molar-refractivity contribution < 1.29 is 17.9 Å². The van der Waals surface area contributed by atoms with Crippen LogP contribution in [0.3, 0.4) is 0 Å². The minimum atomic E-state index is -4.61. The summed E-state index contributed by atoms with van der Waals surface area (Å²) in [6.07, 6.45) is 4.74. The van der Waals surface area contributed by atoms with E-state index in [4.69, 9.17) is 4.74 Å². The summed E-state index contributed by atoms with van der Waals surface area (Å²) in [5, 5.41) is 11.7. The summed E-state index contributed by atoms with van der Waals surface area (Å²) in [6.45, 7) is 1.03. The summed E-state index contributed by atoms with van der Waals surface area (Å²) in [5.41, 5.74) is -0.207. The summed E-state index contributed by atoms with van der Waals surface area (Å²) in [4.78, 5) is 13.5. The third-order valence-electron chi connectivity index (χ3n) is 8.42. The van der Waals surface area contributed by atoms with Gasteiger partial charge >= 0.3 is 11.9 Å². The van der Waals surface area contributed by atoms with Gasteiger partial charge in [-0.15, -0.1) is 10.2 Å². The van der Waals surface area contributed by atoms with Gasteiger partial charge in [0.2, 0.25) is 0 Å². The molecular formula is C28H31F3N6O2. The van der Waals surface area contributed by atoms with E-state index in [1.807, 2.05) is 29.8 Å². The van der Waals surface area contributed by atoms with Gasteiger partial charge in [0.05, 0.1) is 28.3 Å². The highest BCUT2D eigenvalue weighted by Gasteiger charge is 2.50. The number of hydrogen-bond donors (Lipinski definition) is 1. The molecule has 39 heavy (non-hydrogen) atoms. The van der Waals surface area contributed by atoms with E-state index in [1.54, 1.807) is 19.5 Å². The number of rotatable bonds is 8. The number of fused-ring (bicyclic) bond motifs is 1. The maximum absolute atomic E-state index is 14.1. The van der Waals surface area contributed by atoms with Crippen molar-refractivity contribution in [2.75, 3.05) is 13.7 Å². The lowest BCUT2D eigenvalue weighted by atomic mass is 9.62. The number of alkyl halides is 3. The summed E-state index contributed by atoms with van der Waals surface area (Å²) in [6, 6.07) is 8.51. The van der Waals surface area contributed by atoms with Gasteiger partial charge in [0, 0.05) is 33.1 Å². The molecule has 0 bridgehead atoms. The maximum Gasteiger partial charge on any atom is 0.418 e. The second-order valence-electron chi connectivity index (χ2n) is 10.9. The van der Waals surface area contributed by atoms with Crippen LogP contribution in [-0.2, 0) is 29.9 Å². The molecule has 11 heteroatoms. The number of hydrogen-bond acceptors (Lipinski definition) is 5. The molecule has 206 valence electrons. The van der Waals surface area contributed by atoms with Gasteiger partial charge in [-0.05, 0) is 67.5 Å². The highest BCUT2D eigenvalue weighted by Crippen LogP contribution is 2.49. The van der Waals surface area contributed by atoms with E-state index in [2.05, 4.69) is 15.5 Å². The Morgan fingerprint density at radius 3 is 2.62 bits per heavy atom. The van der Waals surface area contributed by atoms with Gasteiger partial charge in [-0.1, -0.05) is 18.6 Å². The highest BCUT2D eigenvalue weighted by atomic mass is 19.4. The van der Waals surface area contributed by atoms with E-state index in [0.29, 0.717) is 30.0 Å². The zero-order chi connectivity index (χ0) is 27.4. The van der Waals surface area contributed by atoms with Crippen molar-refractivity contribution in [1.82, 2.24) is 29.0 Å². The first-order valence-electron chi connectivity index (χ1n) is 13.2. The van der Waals surface area contributed by atoms with Crippen LogP contribution >= 0.6 is 0 Å². The molecule has 0 radical (unpaired) electrons. The first-order valence-corrected chi connectivity index (χ1v) is 13.2. The molecule has 1 aromatic carbocycles. The van der Waals surface area contributed by atoms with Crippen LogP contribution in [0.1, 0.15) is 54.6 Å². The standard InChI is InChI=1S/C28H31F3N6O2/c1-35-17-33-34-25(35)27(11-22(12-27)39-2)20-7-4-8-21(10-20)36-16-24-23(28(29,30)31)9-19(15-37(24)26(36)38)14-32-13-18-5-3-6-18/h4,7-10,15-18,22,32H,3,5-6,11-14H2,1-2H3. The minimum Gasteiger partial charge on any atom is -0.381 e. The van der Waals surface area contributed by atoms with Gasteiger partial charge in [0.1, 0.15) is 12.2 Å². The fourth-order valence-electron chi connectivity index (χ4n) is 5.97. The molecule has 0 aliphatic heterocycles. The molecule has 0 saturated heterocycles. The molecule has 4 aromatic rings. The molecular weight excluding hydrogens is 509 g/mol. The van der Waals surface area contributed by atoms with Gasteiger partial charge in [-0.3, -0.25) is 8.97 Å². The van der Waals surface area contributed by atoms with Gasteiger partial charge in [0.15, 0.2) is 0 Å². The fourth-order valence-corrected chi connectivity index (χ4v) is 5.97. The van der Waals surface area contributed by atoms with E-state index < -0.39 is 22.8 Å². The van der Waals surface area contributed by atoms with Crippen LogP contribution in [-0.4, -0.2) is 43.5 Å². The van der Waals surface area contributed by atoms with Crippen molar-refractivity contribution in [2.45, 2.75) is 56.3 Å². The van der Waals surface area contributed by atoms with Gasteiger partial charge in [-0.2, -0.15) is 13.2 Å². The van der Waals surface area contributed by atoms with Crippen molar-refractivity contribution in [3.63, 3.8) is 0 Å². The molecule has 3 heterocycles. The molecule has 2 saturated carbocycles. The number of aryl methyl sites for hydroxylation is 1. The van der Waals surface area contributed by atoms with Crippen molar-refractivity contribution >= 4 is 5.52 Å². The van der Waals surface area contributed by atoms with Crippen LogP contribution in [0.25, 0.3) is 11.2 Å². The Morgan fingerprint density at radius 1 is 1.18 bits per heavy atom. The quantitative estimate of drug-likeness (QED) is 0.362. The Hall–Kier alpha value is -3.44. The number of halogens is 3. The highest BCUT2D eigenvalue weighted by molar-refractivity contribution is 5.58. The Balaban J connectivity index is 1.40.